The van der Waals surface area contributed by atoms with Crippen LogP contribution in [0.2, 0.25) is 0 Å². The van der Waals surface area contributed by atoms with E-state index in [2.05, 4.69) is 10.5 Å². The molecule has 144 valence electrons. The third-order valence-electron chi connectivity index (χ3n) is 4.42. The molecule has 4 rings (SSSR count). The van der Waals surface area contributed by atoms with E-state index in [-0.39, 0.29) is 19.3 Å². The number of carbonyl (C=O) groups is 1. The third kappa shape index (κ3) is 3.84. The summed E-state index contributed by atoms with van der Waals surface area (Å²) in [5.74, 6) is 1.49. The van der Waals surface area contributed by atoms with Gasteiger partial charge in [-0.1, -0.05) is 42.5 Å². The fraction of sp³-hybridized carbons (Fsp3) is 0.238. The molecule has 0 saturated carbocycles. The van der Waals surface area contributed by atoms with Crippen LogP contribution in [-0.4, -0.2) is 44.8 Å². The minimum atomic E-state index is -0.435. The zero-order chi connectivity index (χ0) is 19.3. The SMILES string of the molecule is COc1cccc2c1OCC(C(=O)OC[C@@H]1CN=C(c3ccccc3)NO1)=C2. The summed E-state index contributed by atoms with van der Waals surface area (Å²) in [6.45, 7) is 0.631. The predicted octanol–water partition coefficient (Wildman–Crippen LogP) is 2.36. The molecule has 2 aliphatic rings. The summed E-state index contributed by atoms with van der Waals surface area (Å²) in [5, 5.41) is 0. The number of methoxy groups -OCH3 is 1. The highest BCUT2D eigenvalue weighted by molar-refractivity contribution is 5.98. The Hall–Kier alpha value is -3.32. The van der Waals surface area contributed by atoms with Crippen LogP contribution in [0.4, 0.5) is 0 Å². The lowest BCUT2D eigenvalue weighted by Gasteiger charge is -2.23. The van der Waals surface area contributed by atoms with Gasteiger partial charge in [-0.3, -0.25) is 9.83 Å². The van der Waals surface area contributed by atoms with Crippen LogP contribution in [0.1, 0.15) is 11.1 Å². The first-order chi connectivity index (χ1) is 13.7. The van der Waals surface area contributed by atoms with Gasteiger partial charge in [-0.2, -0.15) is 0 Å². The number of amidine groups is 1. The highest BCUT2D eigenvalue weighted by atomic mass is 16.7. The molecule has 2 heterocycles. The van der Waals surface area contributed by atoms with E-state index in [1.807, 2.05) is 48.5 Å². The standard InChI is InChI=1S/C21H20N2O5/c1-25-18-9-5-8-15-10-16(12-26-19(15)18)21(24)27-13-17-11-22-20(23-28-17)14-6-3-2-4-7-14/h2-10,17H,11-13H2,1H3,(H,22,23)/t17-/m0/s1. The van der Waals surface area contributed by atoms with Crippen molar-refractivity contribution < 1.29 is 23.8 Å². The average molecular weight is 380 g/mol. The molecule has 2 aliphatic heterocycles. The highest BCUT2D eigenvalue weighted by Crippen LogP contribution is 2.35. The van der Waals surface area contributed by atoms with Gasteiger partial charge in [0.25, 0.3) is 0 Å². The van der Waals surface area contributed by atoms with E-state index in [4.69, 9.17) is 19.0 Å². The van der Waals surface area contributed by atoms with Gasteiger partial charge in [0.15, 0.2) is 17.3 Å². The van der Waals surface area contributed by atoms with Crippen LogP contribution in [0.15, 0.2) is 59.1 Å². The summed E-state index contributed by atoms with van der Waals surface area (Å²) >= 11 is 0. The normalized spacial score (nSPS) is 18.0. The van der Waals surface area contributed by atoms with Crippen LogP contribution in [0.25, 0.3) is 6.08 Å². The fourth-order valence-corrected chi connectivity index (χ4v) is 2.95. The maximum Gasteiger partial charge on any atom is 0.337 e. The lowest BCUT2D eigenvalue weighted by atomic mass is 10.1. The van der Waals surface area contributed by atoms with Crippen molar-refractivity contribution in [1.82, 2.24) is 5.48 Å². The number of hydroxylamine groups is 1. The van der Waals surface area contributed by atoms with Crippen molar-refractivity contribution in [3.05, 3.63) is 65.2 Å². The molecule has 1 atom stereocenters. The molecule has 1 N–H and O–H groups in total. The number of hydrogen-bond donors (Lipinski definition) is 1. The molecule has 0 aromatic heterocycles. The van der Waals surface area contributed by atoms with Crippen molar-refractivity contribution in [3.63, 3.8) is 0 Å². The number of nitrogens with one attached hydrogen (secondary N) is 1. The molecule has 0 fully saturated rings. The van der Waals surface area contributed by atoms with Gasteiger partial charge in [-0.15, -0.1) is 0 Å². The monoisotopic (exact) mass is 380 g/mol. The fourth-order valence-electron chi connectivity index (χ4n) is 2.95. The molecule has 0 radical (unpaired) electrons. The maximum atomic E-state index is 12.4. The van der Waals surface area contributed by atoms with Crippen molar-refractivity contribution in [1.29, 1.82) is 0 Å². The number of para-hydroxylation sites is 1. The Kier molecular flexibility index (Phi) is 5.25. The number of fused-ring (bicyclic) bond motifs is 1. The van der Waals surface area contributed by atoms with Gasteiger partial charge in [-0.05, 0) is 12.1 Å². The zero-order valence-corrected chi connectivity index (χ0v) is 15.4. The second kappa shape index (κ2) is 8.14. The Balaban J connectivity index is 1.34. The topological polar surface area (TPSA) is 78.4 Å². The van der Waals surface area contributed by atoms with Gasteiger partial charge in [0.1, 0.15) is 19.3 Å². The quantitative estimate of drug-likeness (QED) is 0.803. The number of rotatable bonds is 5. The first-order valence-corrected chi connectivity index (χ1v) is 8.93. The first-order valence-electron chi connectivity index (χ1n) is 8.93. The molecule has 0 bridgehead atoms. The Morgan fingerprint density at radius 1 is 1.21 bits per heavy atom. The molecule has 0 aliphatic carbocycles. The minimum Gasteiger partial charge on any atom is -0.493 e. The van der Waals surface area contributed by atoms with Crippen molar-refractivity contribution >= 4 is 17.9 Å². The van der Waals surface area contributed by atoms with Crippen LogP contribution < -0.4 is 15.0 Å². The van der Waals surface area contributed by atoms with Crippen molar-refractivity contribution in [2.75, 3.05) is 26.9 Å². The second-order valence-electron chi connectivity index (χ2n) is 6.33. The lowest BCUT2D eigenvalue weighted by molar-refractivity contribution is -0.144. The van der Waals surface area contributed by atoms with Crippen molar-refractivity contribution in [2.45, 2.75) is 6.10 Å². The Morgan fingerprint density at radius 3 is 2.82 bits per heavy atom. The molecule has 0 unspecified atom stereocenters. The van der Waals surface area contributed by atoms with Crippen LogP contribution in [0.3, 0.4) is 0 Å². The average Bonchev–Trinajstić information content (AvgIpc) is 2.77. The molecule has 0 saturated heterocycles. The Bertz CT molecular complexity index is 924. The zero-order valence-electron chi connectivity index (χ0n) is 15.4. The smallest absolute Gasteiger partial charge is 0.337 e. The Morgan fingerprint density at radius 2 is 2.07 bits per heavy atom. The lowest BCUT2D eigenvalue weighted by Crippen LogP contribution is -2.40. The van der Waals surface area contributed by atoms with E-state index in [1.165, 1.54) is 0 Å². The summed E-state index contributed by atoms with van der Waals surface area (Å²) < 4.78 is 16.3. The highest BCUT2D eigenvalue weighted by Gasteiger charge is 2.23. The number of nitrogens with zero attached hydrogens (tertiary/aromatic N) is 1. The van der Waals surface area contributed by atoms with Gasteiger partial charge in [-0.25, -0.2) is 10.3 Å². The number of ether oxygens (including phenoxy) is 3. The maximum absolute atomic E-state index is 12.4. The van der Waals surface area contributed by atoms with Crippen LogP contribution in [0.5, 0.6) is 11.5 Å². The molecule has 2 aromatic rings. The second-order valence-corrected chi connectivity index (χ2v) is 6.33. The molecular weight excluding hydrogens is 360 g/mol. The number of hydrogen-bond acceptors (Lipinski definition) is 7. The summed E-state index contributed by atoms with van der Waals surface area (Å²) in [6.07, 6.45) is 1.41. The predicted molar refractivity (Wildman–Crippen MR) is 103 cm³/mol. The van der Waals surface area contributed by atoms with Crippen molar-refractivity contribution in [3.8, 4) is 11.5 Å². The molecule has 0 spiro atoms. The van der Waals surface area contributed by atoms with Gasteiger partial charge < -0.3 is 14.2 Å². The summed E-state index contributed by atoms with van der Waals surface area (Å²) in [7, 11) is 1.58. The summed E-state index contributed by atoms with van der Waals surface area (Å²) in [5.41, 5.74) is 4.99. The van der Waals surface area contributed by atoms with E-state index in [9.17, 15) is 4.79 Å². The minimum absolute atomic E-state index is 0.0969. The Labute approximate surface area is 162 Å². The number of esters is 1. The van der Waals surface area contributed by atoms with Gasteiger partial charge in [0.05, 0.1) is 19.2 Å². The number of carbonyl (C=O) groups excluding carboxylic acids is 1. The van der Waals surface area contributed by atoms with Crippen LogP contribution in [0, 0.1) is 0 Å². The first kappa shape index (κ1) is 18.1. The third-order valence-corrected chi connectivity index (χ3v) is 4.42. The molecule has 7 nitrogen and oxygen atoms in total. The molecule has 7 heteroatoms. The van der Waals surface area contributed by atoms with Crippen molar-refractivity contribution in [2.24, 2.45) is 4.99 Å². The number of aliphatic imine (C=N–C) groups is 1. The van der Waals surface area contributed by atoms with E-state index in [0.29, 0.717) is 29.5 Å². The van der Waals surface area contributed by atoms with E-state index in [1.54, 1.807) is 13.2 Å². The molecule has 28 heavy (non-hydrogen) atoms. The van der Waals surface area contributed by atoms with Gasteiger partial charge in [0.2, 0.25) is 0 Å². The van der Waals surface area contributed by atoms with Crippen LogP contribution in [-0.2, 0) is 14.4 Å². The molecule has 0 amide bonds. The molecule has 2 aromatic carbocycles. The van der Waals surface area contributed by atoms with Crippen LogP contribution >= 0.6 is 0 Å². The summed E-state index contributed by atoms with van der Waals surface area (Å²) in [4.78, 5) is 22.4. The van der Waals surface area contributed by atoms with E-state index < -0.39 is 5.97 Å². The van der Waals surface area contributed by atoms with E-state index >= 15 is 0 Å². The van der Waals surface area contributed by atoms with E-state index in [0.717, 1.165) is 11.1 Å². The summed E-state index contributed by atoms with van der Waals surface area (Å²) in [6, 6.07) is 15.2. The number of benzene rings is 2. The largest absolute Gasteiger partial charge is 0.493 e. The molecular formula is C21H20N2O5. The van der Waals surface area contributed by atoms with Gasteiger partial charge >= 0.3 is 5.97 Å². The van der Waals surface area contributed by atoms with Gasteiger partial charge in [0, 0.05) is 11.1 Å².